The standard InChI is InChI=1S/C19H23N5/c1-3-24(4-2)19-22-17-6-5-11-21-13-16(17)18(23-19)15-9-7-14(12-20)8-10-15/h7-10,21H,3-6,11,13H2,1-2H3. The Bertz CT molecular complexity index is 742. The van der Waals surface area contributed by atoms with Gasteiger partial charge in [-0.3, -0.25) is 0 Å². The molecule has 24 heavy (non-hydrogen) atoms. The van der Waals surface area contributed by atoms with E-state index in [0.29, 0.717) is 5.56 Å². The van der Waals surface area contributed by atoms with Gasteiger partial charge >= 0.3 is 0 Å². The first kappa shape index (κ1) is 16.4. The Labute approximate surface area is 143 Å². The summed E-state index contributed by atoms with van der Waals surface area (Å²) in [7, 11) is 0. The van der Waals surface area contributed by atoms with Gasteiger partial charge in [0.05, 0.1) is 23.0 Å². The number of hydrogen-bond donors (Lipinski definition) is 1. The highest BCUT2D eigenvalue weighted by Gasteiger charge is 2.19. The number of nitrogens with one attached hydrogen (secondary N) is 1. The summed E-state index contributed by atoms with van der Waals surface area (Å²) in [5.74, 6) is 0.806. The van der Waals surface area contributed by atoms with Crippen molar-refractivity contribution in [3.63, 3.8) is 0 Å². The summed E-state index contributed by atoms with van der Waals surface area (Å²) in [6.07, 6.45) is 2.07. The van der Waals surface area contributed by atoms with Crippen LogP contribution in [0.4, 0.5) is 5.95 Å². The van der Waals surface area contributed by atoms with Crippen LogP contribution < -0.4 is 10.2 Å². The zero-order valence-electron chi connectivity index (χ0n) is 14.3. The Morgan fingerprint density at radius 3 is 2.58 bits per heavy atom. The maximum absolute atomic E-state index is 9.02. The largest absolute Gasteiger partial charge is 0.341 e. The summed E-state index contributed by atoms with van der Waals surface area (Å²) in [6.45, 7) is 7.83. The number of nitriles is 1. The van der Waals surface area contributed by atoms with Crippen molar-refractivity contribution in [1.29, 1.82) is 5.26 Å². The molecule has 5 nitrogen and oxygen atoms in total. The van der Waals surface area contributed by atoms with Crippen LogP contribution in [-0.4, -0.2) is 29.6 Å². The molecule has 0 spiro atoms. The SMILES string of the molecule is CCN(CC)c1nc2c(c(-c3ccc(C#N)cc3)n1)CNCCC2. The third-order valence-electron chi connectivity index (χ3n) is 4.48. The zero-order chi connectivity index (χ0) is 16.9. The fourth-order valence-electron chi connectivity index (χ4n) is 3.09. The van der Waals surface area contributed by atoms with Crippen LogP contribution in [0.5, 0.6) is 0 Å². The van der Waals surface area contributed by atoms with E-state index in [1.165, 1.54) is 5.56 Å². The highest BCUT2D eigenvalue weighted by Crippen LogP contribution is 2.28. The van der Waals surface area contributed by atoms with Crippen LogP contribution in [-0.2, 0) is 13.0 Å². The van der Waals surface area contributed by atoms with Gasteiger partial charge in [-0.25, -0.2) is 9.97 Å². The Kier molecular flexibility index (Phi) is 5.07. The molecule has 3 rings (SSSR count). The van der Waals surface area contributed by atoms with Crippen molar-refractivity contribution in [2.24, 2.45) is 0 Å². The highest BCUT2D eigenvalue weighted by molar-refractivity contribution is 5.66. The molecule has 0 saturated carbocycles. The quantitative estimate of drug-likeness (QED) is 0.938. The predicted octanol–water partition coefficient (Wildman–Crippen LogP) is 2.90. The summed E-state index contributed by atoms with van der Waals surface area (Å²) < 4.78 is 0. The lowest BCUT2D eigenvalue weighted by Gasteiger charge is -2.22. The molecule has 0 amide bonds. The third kappa shape index (κ3) is 3.24. The fraction of sp³-hybridized carbons (Fsp3) is 0.421. The number of anilines is 1. The average molecular weight is 321 g/mol. The topological polar surface area (TPSA) is 64.8 Å². The van der Waals surface area contributed by atoms with Gasteiger partial charge in [-0.1, -0.05) is 12.1 Å². The number of fused-ring (bicyclic) bond motifs is 1. The van der Waals surface area contributed by atoms with Crippen LogP contribution in [0.2, 0.25) is 0 Å². The Balaban J connectivity index is 2.14. The molecule has 0 fully saturated rings. The Hall–Kier alpha value is -2.45. The van der Waals surface area contributed by atoms with Crippen LogP contribution in [0, 0.1) is 11.3 Å². The maximum Gasteiger partial charge on any atom is 0.226 e. The molecule has 5 heteroatoms. The molecule has 2 aromatic rings. The minimum absolute atomic E-state index is 0.668. The molecule has 0 radical (unpaired) electrons. The minimum Gasteiger partial charge on any atom is -0.341 e. The van der Waals surface area contributed by atoms with Crippen molar-refractivity contribution < 1.29 is 0 Å². The zero-order valence-corrected chi connectivity index (χ0v) is 14.3. The van der Waals surface area contributed by atoms with Crippen molar-refractivity contribution in [1.82, 2.24) is 15.3 Å². The molecule has 0 bridgehead atoms. The number of aryl methyl sites for hydroxylation is 1. The second kappa shape index (κ2) is 7.41. The van der Waals surface area contributed by atoms with Crippen molar-refractivity contribution in [3.05, 3.63) is 41.1 Å². The lowest BCUT2D eigenvalue weighted by molar-refractivity contribution is 0.680. The summed E-state index contributed by atoms with van der Waals surface area (Å²) >= 11 is 0. The van der Waals surface area contributed by atoms with Gasteiger partial charge in [0.1, 0.15) is 0 Å². The molecular weight excluding hydrogens is 298 g/mol. The highest BCUT2D eigenvalue weighted by atomic mass is 15.2. The van der Waals surface area contributed by atoms with E-state index >= 15 is 0 Å². The van der Waals surface area contributed by atoms with Gasteiger partial charge in [0, 0.05) is 30.8 Å². The molecule has 1 aromatic heterocycles. The first-order valence-electron chi connectivity index (χ1n) is 8.62. The second-order valence-electron chi connectivity index (χ2n) is 5.94. The number of benzene rings is 1. The molecule has 1 aliphatic rings. The Morgan fingerprint density at radius 1 is 1.17 bits per heavy atom. The van der Waals surface area contributed by atoms with Crippen molar-refractivity contribution >= 4 is 5.95 Å². The van der Waals surface area contributed by atoms with Crippen LogP contribution in [0.25, 0.3) is 11.3 Å². The van der Waals surface area contributed by atoms with E-state index in [4.69, 9.17) is 15.2 Å². The smallest absolute Gasteiger partial charge is 0.226 e. The van der Waals surface area contributed by atoms with Crippen molar-refractivity contribution in [2.45, 2.75) is 33.2 Å². The van der Waals surface area contributed by atoms with Crippen LogP contribution in [0.15, 0.2) is 24.3 Å². The first-order valence-corrected chi connectivity index (χ1v) is 8.62. The molecular formula is C19H23N5. The molecule has 1 aliphatic heterocycles. The van der Waals surface area contributed by atoms with E-state index in [1.54, 1.807) is 0 Å². The van der Waals surface area contributed by atoms with Crippen molar-refractivity contribution in [2.75, 3.05) is 24.5 Å². The minimum atomic E-state index is 0.668. The molecule has 2 heterocycles. The lowest BCUT2D eigenvalue weighted by Crippen LogP contribution is -2.25. The van der Waals surface area contributed by atoms with Gasteiger partial charge < -0.3 is 10.2 Å². The van der Waals surface area contributed by atoms with Gasteiger partial charge in [-0.05, 0) is 45.4 Å². The molecule has 0 aliphatic carbocycles. The van der Waals surface area contributed by atoms with Crippen LogP contribution in [0.1, 0.15) is 37.1 Å². The predicted molar refractivity (Wildman–Crippen MR) is 95.8 cm³/mol. The summed E-state index contributed by atoms with van der Waals surface area (Å²) in [5.41, 5.74) is 5.04. The van der Waals surface area contributed by atoms with E-state index in [-0.39, 0.29) is 0 Å². The van der Waals surface area contributed by atoms with E-state index in [0.717, 1.165) is 61.9 Å². The fourth-order valence-corrected chi connectivity index (χ4v) is 3.09. The van der Waals surface area contributed by atoms with E-state index < -0.39 is 0 Å². The number of rotatable bonds is 4. The summed E-state index contributed by atoms with van der Waals surface area (Å²) in [6, 6.07) is 9.85. The van der Waals surface area contributed by atoms with E-state index in [9.17, 15) is 0 Å². The van der Waals surface area contributed by atoms with Gasteiger partial charge in [0.25, 0.3) is 0 Å². The maximum atomic E-state index is 9.02. The molecule has 124 valence electrons. The van der Waals surface area contributed by atoms with Crippen molar-refractivity contribution in [3.8, 4) is 17.3 Å². The summed E-state index contributed by atoms with van der Waals surface area (Å²) in [4.78, 5) is 11.9. The van der Waals surface area contributed by atoms with Crippen LogP contribution >= 0.6 is 0 Å². The second-order valence-corrected chi connectivity index (χ2v) is 5.94. The number of hydrogen-bond acceptors (Lipinski definition) is 5. The van der Waals surface area contributed by atoms with Gasteiger partial charge in [-0.2, -0.15) is 5.26 Å². The third-order valence-corrected chi connectivity index (χ3v) is 4.48. The van der Waals surface area contributed by atoms with Gasteiger partial charge in [-0.15, -0.1) is 0 Å². The van der Waals surface area contributed by atoms with Gasteiger partial charge in [0.2, 0.25) is 5.95 Å². The summed E-state index contributed by atoms with van der Waals surface area (Å²) in [5, 5.41) is 12.5. The average Bonchev–Trinajstić information content (AvgIpc) is 2.88. The molecule has 1 aromatic carbocycles. The van der Waals surface area contributed by atoms with E-state index in [2.05, 4.69) is 30.1 Å². The molecule has 1 N–H and O–H groups in total. The van der Waals surface area contributed by atoms with Crippen LogP contribution in [0.3, 0.4) is 0 Å². The number of nitrogens with zero attached hydrogens (tertiary/aromatic N) is 4. The normalized spacial score (nSPS) is 13.7. The van der Waals surface area contributed by atoms with E-state index in [1.807, 2.05) is 24.3 Å². The first-order chi connectivity index (χ1) is 11.8. The molecule has 0 saturated heterocycles. The molecule has 0 unspecified atom stereocenters. The number of aromatic nitrogens is 2. The Morgan fingerprint density at radius 2 is 1.92 bits per heavy atom. The van der Waals surface area contributed by atoms with Gasteiger partial charge in [0.15, 0.2) is 0 Å². The monoisotopic (exact) mass is 321 g/mol. The lowest BCUT2D eigenvalue weighted by atomic mass is 10.0. The molecule has 0 atom stereocenters.